The van der Waals surface area contributed by atoms with Crippen LogP contribution < -0.4 is 20.1 Å². The van der Waals surface area contributed by atoms with Crippen molar-refractivity contribution < 1.29 is 42.1 Å². The van der Waals surface area contributed by atoms with Crippen LogP contribution in [0.3, 0.4) is 0 Å². The molecule has 3 aliphatic carbocycles. The van der Waals surface area contributed by atoms with E-state index in [0.717, 1.165) is 33.1 Å². The Morgan fingerprint density at radius 2 is 1.71 bits per heavy atom. The number of methoxy groups -OCH3 is 1. The van der Waals surface area contributed by atoms with Crippen LogP contribution in [0.1, 0.15) is 76.1 Å². The standard InChI is InChI=1S/C29H38ClF3N2O6/c1-27(2,29(31,32)33)14-34-25(37)22-15-5-6-16(11-15)23(22)35-24(36)18-12-21(19(30)13-20(18)40-4)41-17-7-9-28(3,10-8-17)26(38)39/h12-13,15-17,22-23H,5-11,14H2,1-4H3,(H,34,37)(H,35,36)(H,38,39)/t15-,16+,17?,22+,23-,28?/m1/s1. The third kappa shape index (κ3) is 6.39. The molecule has 0 aromatic heterocycles. The summed E-state index contributed by atoms with van der Waals surface area (Å²) in [5.41, 5.74) is -2.74. The molecule has 4 atom stereocenters. The van der Waals surface area contributed by atoms with E-state index in [1.54, 1.807) is 6.92 Å². The van der Waals surface area contributed by atoms with E-state index in [1.165, 1.54) is 19.2 Å². The van der Waals surface area contributed by atoms with Crippen molar-refractivity contribution in [1.29, 1.82) is 0 Å². The summed E-state index contributed by atoms with van der Waals surface area (Å²) in [5, 5.41) is 15.2. The summed E-state index contributed by atoms with van der Waals surface area (Å²) in [7, 11) is 1.40. The largest absolute Gasteiger partial charge is 0.496 e. The topological polar surface area (TPSA) is 114 Å². The molecule has 3 aliphatic rings. The first-order chi connectivity index (χ1) is 19.1. The van der Waals surface area contributed by atoms with Gasteiger partial charge in [0.15, 0.2) is 0 Å². The first-order valence-electron chi connectivity index (χ1n) is 14.0. The number of benzene rings is 1. The Kier molecular flexibility index (Phi) is 8.79. The van der Waals surface area contributed by atoms with E-state index >= 15 is 0 Å². The van der Waals surface area contributed by atoms with Gasteiger partial charge in [0, 0.05) is 18.7 Å². The molecule has 12 heteroatoms. The molecule has 0 heterocycles. The van der Waals surface area contributed by atoms with E-state index < -0.39 is 53.3 Å². The van der Waals surface area contributed by atoms with Crippen LogP contribution in [0.5, 0.6) is 11.5 Å². The number of aliphatic carboxylic acids is 1. The molecule has 1 aromatic carbocycles. The lowest BCUT2D eigenvalue weighted by Gasteiger charge is -2.34. The summed E-state index contributed by atoms with van der Waals surface area (Å²) in [6.07, 6.45) is -0.512. The minimum atomic E-state index is -4.47. The smallest absolute Gasteiger partial charge is 0.395 e. The second-order valence-corrected chi connectivity index (χ2v) is 13.0. The number of alkyl halides is 3. The third-order valence-corrected chi connectivity index (χ3v) is 9.63. The van der Waals surface area contributed by atoms with Gasteiger partial charge in [-0.25, -0.2) is 0 Å². The number of halogens is 4. The number of hydrogen-bond acceptors (Lipinski definition) is 5. The molecule has 0 aliphatic heterocycles. The van der Waals surface area contributed by atoms with Crippen LogP contribution in [0, 0.1) is 28.6 Å². The van der Waals surface area contributed by atoms with Crippen molar-refractivity contribution in [1.82, 2.24) is 10.6 Å². The van der Waals surface area contributed by atoms with E-state index in [4.69, 9.17) is 21.1 Å². The maximum atomic E-state index is 13.6. The molecular weight excluding hydrogens is 565 g/mol. The highest BCUT2D eigenvalue weighted by molar-refractivity contribution is 6.32. The Morgan fingerprint density at radius 1 is 1.07 bits per heavy atom. The molecule has 2 amide bonds. The van der Waals surface area contributed by atoms with Gasteiger partial charge in [-0.05, 0) is 83.6 Å². The Morgan fingerprint density at radius 3 is 2.29 bits per heavy atom. The zero-order chi connectivity index (χ0) is 30.3. The second-order valence-electron chi connectivity index (χ2n) is 12.6. The summed E-state index contributed by atoms with van der Waals surface area (Å²) >= 11 is 6.44. The van der Waals surface area contributed by atoms with Crippen molar-refractivity contribution >= 4 is 29.4 Å². The van der Waals surface area contributed by atoms with Gasteiger partial charge < -0.3 is 25.2 Å². The lowest BCUT2D eigenvalue weighted by Crippen LogP contribution is -2.52. The van der Waals surface area contributed by atoms with Crippen molar-refractivity contribution in [3.63, 3.8) is 0 Å². The average molecular weight is 603 g/mol. The fourth-order valence-corrected chi connectivity index (χ4v) is 6.54. The number of carbonyl (C=O) groups excluding carboxylic acids is 2. The predicted molar refractivity (Wildman–Crippen MR) is 145 cm³/mol. The molecule has 3 saturated carbocycles. The number of carboxylic acids is 1. The summed E-state index contributed by atoms with van der Waals surface area (Å²) in [6, 6.07) is 2.42. The van der Waals surface area contributed by atoms with E-state index in [9.17, 15) is 32.7 Å². The molecule has 3 N–H and O–H groups in total. The number of hydrogen-bond donors (Lipinski definition) is 3. The third-order valence-electron chi connectivity index (χ3n) is 9.33. The van der Waals surface area contributed by atoms with Gasteiger partial charge in [0.2, 0.25) is 5.91 Å². The van der Waals surface area contributed by atoms with Crippen molar-refractivity contribution in [3.05, 3.63) is 22.7 Å². The summed E-state index contributed by atoms with van der Waals surface area (Å²) < 4.78 is 51.5. The summed E-state index contributed by atoms with van der Waals surface area (Å²) in [6.45, 7) is 3.24. The highest BCUT2D eigenvalue weighted by Crippen LogP contribution is 2.49. The number of amides is 2. The first-order valence-corrected chi connectivity index (χ1v) is 14.4. The van der Waals surface area contributed by atoms with Crippen molar-refractivity contribution in [2.24, 2.45) is 28.6 Å². The van der Waals surface area contributed by atoms with Gasteiger partial charge >= 0.3 is 12.1 Å². The molecule has 0 saturated heterocycles. The molecule has 0 spiro atoms. The van der Waals surface area contributed by atoms with Crippen molar-refractivity contribution in [2.75, 3.05) is 13.7 Å². The second kappa shape index (κ2) is 11.5. The van der Waals surface area contributed by atoms with Crippen molar-refractivity contribution in [3.8, 4) is 11.5 Å². The van der Waals surface area contributed by atoms with E-state index in [0.29, 0.717) is 25.7 Å². The lowest BCUT2D eigenvalue weighted by atomic mass is 9.75. The molecule has 8 nitrogen and oxygen atoms in total. The van der Waals surface area contributed by atoms with Gasteiger partial charge in [-0.1, -0.05) is 11.6 Å². The maximum absolute atomic E-state index is 13.6. The SMILES string of the molecule is COc1cc(Cl)c(OC2CCC(C)(C(=O)O)CC2)cc1C(=O)N[C@@H]1[C@H]2CC[C@H](C2)[C@@H]1C(=O)NCC(C)(C)C(F)(F)F. The van der Waals surface area contributed by atoms with E-state index in [2.05, 4.69) is 10.6 Å². The van der Waals surface area contributed by atoms with E-state index in [-0.39, 0.29) is 40.0 Å². The molecule has 0 radical (unpaired) electrons. The van der Waals surface area contributed by atoms with Crippen LogP contribution in [0.15, 0.2) is 12.1 Å². The van der Waals surface area contributed by atoms with Gasteiger partial charge in [0.25, 0.3) is 5.91 Å². The Labute approximate surface area is 242 Å². The fraction of sp³-hybridized carbons (Fsp3) is 0.690. The summed E-state index contributed by atoms with van der Waals surface area (Å²) in [4.78, 5) is 38.3. The monoisotopic (exact) mass is 602 g/mol. The number of fused-ring (bicyclic) bond motifs is 2. The quantitative estimate of drug-likeness (QED) is 0.339. The molecule has 0 unspecified atom stereocenters. The number of ether oxygens (including phenoxy) is 2. The average Bonchev–Trinajstić information content (AvgIpc) is 3.51. The zero-order valence-corrected chi connectivity index (χ0v) is 24.5. The van der Waals surface area contributed by atoms with E-state index in [1.807, 2.05) is 0 Å². The number of carboxylic acid groups (broad SMARTS) is 1. The van der Waals surface area contributed by atoms with Crippen LogP contribution in [-0.2, 0) is 9.59 Å². The Hall–Kier alpha value is -2.69. The van der Waals surface area contributed by atoms with Crippen LogP contribution in [0.2, 0.25) is 5.02 Å². The van der Waals surface area contributed by atoms with Gasteiger partial charge in [0.1, 0.15) is 11.5 Å². The molecule has 1 aromatic rings. The minimum Gasteiger partial charge on any atom is -0.496 e. The molecule has 3 fully saturated rings. The molecular formula is C29H38ClF3N2O6. The fourth-order valence-electron chi connectivity index (χ4n) is 6.34. The van der Waals surface area contributed by atoms with Crippen LogP contribution in [-0.4, -0.2) is 54.9 Å². The first kappa shape index (κ1) is 31.3. The molecule has 4 rings (SSSR count). The van der Waals surface area contributed by atoms with Gasteiger partial charge in [-0.15, -0.1) is 0 Å². The molecule has 228 valence electrons. The minimum absolute atomic E-state index is 0.0203. The van der Waals surface area contributed by atoms with Crippen LogP contribution >= 0.6 is 11.6 Å². The molecule has 41 heavy (non-hydrogen) atoms. The van der Waals surface area contributed by atoms with Crippen molar-refractivity contribution in [2.45, 2.75) is 84.0 Å². The zero-order valence-electron chi connectivity index (χ0n) is 23.7. The lowest BCUT2D eigenvalue weighted by molar-refractivity contribution is -0.209. The highest BCUT2D eigenvalue weighted by Gasteiger charge is 2.53. The number of nitrogens with one attached hydrogen (secondary N) is 2. The van der Waals surface area contributed by atoms with Gasteiger partial charge in [-0.3, -0.25) is 14.4 Å². The normalized spacial score (nSPS) is 29.6. The highest BCUT2D eigenvalue weighted by atomic mass is 35.5. The number of carbonyl (C=O) groups is 3. The van der Waals surface area contributed by atoms with Gasteiger partial charge in [0.05, 0.1) is 40.5 Å². The Bertz CT molecular complexity index is 1180. The Balaban J connectivity index is 1.48. The van der Waals surface area contributed by atoms with Crippen LogP contribution in [0.4, 0.5) is 13.2 Å². The van der Waals surface area contributed by atoms with Crippen LogP contribution in [0.25, 0.3) is 0 Å². The molecule has 2 bridgehead atoms. The summed E-state index contributed by atoms with van der Waals surface area (Å²) in [5.74, 6) is -1.98. The van der Waals surface area contributed by atoms with Gasteiger partial charge in [-0.2, -0.15) is 13.2 Å². The predicted octanol–water partition coefficient (Wildman–Crippen LogP) is 5.61. The maximum Gasteiger partial charge on any atom is 0.395 e. The number of rotatable bonds is 9.